The smallest absolute Gasteiger partial charge is 0.316 e. The Balaban J connectivity index is 2.98. The third kappa shape index (κ3) is 3.99. The lowest BCUT2D eigenvalue weighted by molar-refractivity contribution is -0.149. The fraction of sp³-hybridized carbons (Fsp3) is 0.429. The van der Waals surface area contributed by atoms with Crippen LogP contribution in [0.15, 0.2) is 29.2 Å². The molecule has 4 nitrogen and oxygen atoms in total. The number of nitrogens with one attached hydrogen (secondary N) is 1. The zero-order valence-corrected chi connectivity index (χ0v) is 12.4. The fourth-order valence-corrected chi connectivity index (χ4v) is 2.38. The van der Waals surface area contributed by atoms with E-state index in [2.05, 4.69) is 5.32 Å². The van der Waals surface area contributed by atoms with Crippen LogP contribution in [0.4, 0.5) is 5.69 Å². The number of hydrogen-bond acceptors (Lipinski definition) is 3. The highest BCUT2D eigenvalue weighted by Gasteiger charge is 2.37. The SMILES string of the molecule is CSc1ccccc1NC(=O)C(C(=O)O)C(C)(C)C. The number of benzene rings is 1. The summed E-state index contributed by atoms with van der Waals surface area (Å²) in [5, 5.41) is 11.9. The van der Waals surface area contributed by atoms with Gasteiger partial charge in [-0.05, 0) is 23.8 Å². The van der Waals surface area contributed by atoms with Gasteiger partial charge in [-0.25, -0.2) is 0 Å². The molecule has 19 heavy (non-hydrogen) atoms. The van der Waals surface area contributed by atoms with E-state index < -0.39 is 23.2 Å². The third-order valence-electron chi connectivity index (χ3n) is 2.74. The van der Waals surface area contributed by atoms with Gasteiger partial charge in [-0.2, -0.15) is 0 Å². The lowest BCUT2D eigenvalue weighted by atomic mass is 9.80. The van der Waals surface area contributed by atoms with Crippen LogP contribution in [0.3, 0.4) is 0 Å². The molecule has 0 spiro atoms. The van der Waals surface area contributed by atoms with E-state index in [-0.39, 0.29) is 0 Å². The average Bonchev–Trinajstić information content (AvgIpc) is 2.27. The minimum Gasteiger partial charge on any atom is -0.481 e. The molecule has 0 saturated carbocycles. The number of anilines is 1. The first kappa shape index (κ1) is 15.6. The Bertz CT molecular complexity index is 480. The van der Waals surface area contributed by atoms with Crippen LogP contribution < -0.4 is 5.32 Å². The standard InChI is InChI=1S/C14H19NO3S/c1-14(2,3)11(13(17)18)12(16)15-9-7-5-6-8-10(9)19-4/h5-8,11H,1-4H3,(H,15,16)(H,17,18). The molecule has 0 heterocycles. The first-order valence-electron chi connectivity index (χ1n) is 5.94. The minimum absolute atomic E-state index is 0.485. The van der Waals surface area contributed by atoms with Crippen molar-refractivity contribution in [3.63, 3.8) is 0 Å². The van der Waals surface area contributed by atoms with Crippen LogP contribution in [0.25, 0.3) is 0 Å². The number of hydrogen-bond donors (Lipinski definition) is 2. The van der Waals surface area contributed by atoms with Crippen molar-refractivity contribution in [3.05, 3.63) is 24.3 Å². The molecule has 0 aliphatic heterocycles. The number of thioether (sulfide) groups is 1. The summed E-state index contributed by atoms with van der Waals surface area (Å²) in [6.07, 6.45) is 1.91. The number of para-hydroxylation sites is 1. The Morgan fingerprint density at radius 3 is 2.32 bits per heavy atom. The molecule has 1 aromatic carbocycles. The maximum absolute atomic E-state index is 12.2. The molecule has 2 N–H and O–H groups in total. The molecule has 1 atom stereocenters. The largest absolute Gasteiger partial charge is 0.481 e. The molecule has 1 unspecified atom stereocenters. The number of carboxylic acids is 1. The topological polar surface area (TPSA) is 66.4 Å². The average molecular weight is 281 g/mol. The maximum Gasteiger partial charge on any atom is 0.316 e. The van der Waals surface area contributed by atoms with Crippen LogP contribution >= 0.6 is 11.8 Å². The van der Waals surface area contributed by atoms with Crippen LogP contribution in [0.1, 0.15) is 20.8 Å². The van der Waals surface area contributed by atoms with E-state index in [1.807, 2.05) is 24.5 Å². The fourth-order valence-electron chi connectivity index (χ4n) is 1.83. The maximum atomic E-state index is 12.2. The van der Waals surface area contributed by atoms with Crippen LogP contribution in [0, 0.1) is 11.3 Å². The van der Waals surface area contributed by atoms with Crippen LogP contribution in [0.2, 0.25) is 0 Å². The zero-order chi connectivity index (χ0) is 14.6. The van der Waals surface area contributed by atoms with E-state index in [9.17, 15) is 14.7 Å². The zero-order valence-electron chi connectivity index (χ0n) is 11.6. The van der Waals surface area contributed by atoms with E-state index >= 15 is 0 Å². The number of carbonyl (C=O) groups is 2. The van der Waals surface area contributed by atoms with Crippen molar-refractivity contribution in [1.82, 2.24) is 0 Å². The van der Waals surface area contributed by atoms with Gasteiger partial charge >= 0.3 is 5.97 Å². The number of rotatable bonds is 4. The Morgan fingerprint density at radius 1 is 1.26 bits per heavy atom. The molecule has 0 saturated heterocycles. The molecule has 0 fully saturated rings. The summed E-state index contributed by atoms with van der Waals surface area (Å²) in [5.41, 5.74) is 0.0139. The summed E-state index contributed by atoms with van der Waals surface area (Å²) < 4.78 is 0. The van der Waals surface area contributed by atoms with E-state index in [1.54, 1.807) is 26.8 Å². The second kappa shape index (κ2) is 6.10. The van der Waals surface area contributed by atoms with Gasteiger partial charge < -0.3 is 10.4 Å². The van der Waals surface area contributed by atoms with Crippen LogP contribution in [-0.4, -0.2) is 23.2 Å². The Hall–Kier alpha value is -1.49. The highest BCUT2D eigenvalue weighted by Crippen LogP contribution is 2.30. The first-order chi connectivity index (χ1) is 8.77. The quantitative estimate of drug-likeness (QED) is 0.657. The van der Waals surface area contributed by atoms with Crippen LogP contribution in [-0.2, 0) is 9.59 Å². The summed E-state index contributed by atoms with van der Waals surface area (Å²) in [4.78, 5) is 24.3. The van der Waals surface area contributed by atoms with E-state index in [4.69, 9.17) is 0 Å². The number of aliphatic carboxylic acids is 1. The number of carboxylic acid groups (broad SMARTS) is 1. The summed E-state index contributed by atoms with van der Waals surface area (Å²) in [5.74, 6) is -2.67. The summed E-state index contributed by atoms with van der Waals surface area (Å²) in [6, 6.07) is 7.33. The molecule has 1 aromatic rings. The monoisotopic (exact) mass is 281 g/mol. The molecular weight excluding hydrogens is 262 g/mol. The Kier molecular flexibility index (Phi) is 5.00. The van der Waals surface area contributed by atoms with Crippen molar-refractivity contribution in [2.24, 2.45) is 11.3 Å². The van der Waals surface area contributed by atoms with E-state index in [1.165, 1.54) is 11.8 Å². The van der Waals surface area contributed by atoms with Crippen molar-refractivity contribution in [2.45, 2.75) is 25.7 Å². The van der Waals surface area contributed by atoms with Crippen molar-refractivity contribution in [1.29, 1.82) is 0 Å². The third-order valence-corrected chi connectivity index (χ3v) is 3.54. The van der Waals surface area contributed by atoms with Crippen molar-refractivity contribution >= 4 is 29.3 Å². The summed E-state index contributed by atoms with van der Waals surface area (Å²) in [7, 11) is 0. The van der Waals surface area contributed by atoms with Gasteiger partial charge in [0.05, 0.1) is 5.69 Å². The van der Waals surface area contributed by atoms with Crippen molar-refractivity contribution in [3.8, 4) is 0 Å². The highest BCUT2D eigenvalue weighted by molar-refractivity contribution is 7.98. The molecule has 0 aliphatic rings. The Labute approximate surface area is 117 Å². The number of amides is 1. The molecule has 1 amide bonds. The molecule has 104 valence electrons. The molecule has 5 heteroatoms. The van der Waals surface area contributed by atoms with Gasteiger partial charge in [-0.15, -0.1) is 11.8 Å². The predicted octanol–water partition coefficient (Wildman–Crippen LogP) is 3.09. The Morgan fingerprint density at radius 2 is 1.84 bits per heavy atom. The lowest BCUT2D eigenvalue weighted by Gasteiger charge is -2.26. The van der Waals surface area contributed by atoms with Crippen molar-refractivity contribution in [2.75, 3.05) is 11.6 Å². The summed E-state index contributed by atoms with van der Waals surface area (Å²) in [6.45, 7) is 5.23. The second-order valence-corrected chi connectivity index (χ2v) is 6.17. The van der Waals surface area contributed by atoms with Gasteiger partial charge in [0.2, 0.25) is 5.91 Å². The molecule has 1 rings (SSSR count). The molecule has 0 aliphatic carbocycles. The first-order valence-corrected chi connectivity index (χ1v) is 7.16. The lowest BCUT2D eigenvalue weighted by Crippen LogP contribution is -2.39. The van der Waals surface area contributed by atoms with Gasteiger partial charge in [-0.1, -0.05) is 32.9 Å². The van der Waals surface area contributed by atoms with Gasteiger partial charge in [0.25, 0.3) is 0 Å². The van der Waals surface area contributed by atoms with Crippen LogP contribution in [0.5, 0.6) is 0 Å². The minimum atomic E-state index is -1.10. The van der Waals surface area contributed by atoms with E-state index in [0.29, 0.717) is 5.69 Å². The van der Waals surface area contributed by atoms with Gasteiger partial charge in [0.1, 0.15) is 5.92 Å². The van der Waals surface area contributed by atoms with Crippen molar-refractivity contribution < 1.29 is 14.7 Å². The second-order valence-electron chi connectivity index (χ2n) is 5.33. The highest BCUT2D eigenvalue weighted by atomic mass is 32.2. The summed E-state index contributed by atoms with van der Waals surface area (Å²) >= 11 is 1.50. The van der Waals surface area contributed by atoms with E-state index in [0.717, 1.165) is 4.90 Å². The van der Waals surface area contributed by atoms with Gasteiger partial charge in [0.15, 0.2) is 0 Å². The van der Waals surface area contributed by atoms with Gasteiger partial charge in [0, 0.05) is 4.90 Å². The molecule has 0 radical (unpaired) electrons. The normalized spacial score (nSPS) is 12.8. The molecule has 0 aromatic heterocycles. The number of carbonyl (C=O) groups excluding carboxylic acids is 1. The van der Waals surface area contributed by atoms with Gasteiger partial charge in [-0.3, -0.25) is 9.59 Å². The molecule has 0 bridgehead atoms. The molecular formula is C14H19NO3S. The predicted molar refractivity (Wildman–Crippen MR) is 77.4 cm³/mol.